The molecular weight excluding hydrogens is 376 g/mol. The van der Waals surface area contributed by atoms with Gasteiger partial charge in [0.2, 0.25) is 0 Å². The third kappa shape index (κ3) is 6.15. The Balaban J connectivity index is 2.29. The fourth-order valence-corrected chi connectivity index (χ4v) is 3.42. The van der Waals surface area contributed by atoms with Crippen LogP contribution in [0.1, 0.15) is 40.0 Å². The fraction of sp³-hybridized carbons (Fsp3) is 0.500. The third-order valence-electron chi connectivity index (χ3n) is 4.97. The van der Waals surface area contributed by atoms with E-state index in [0.29, 0.717) is 6.42 Å². The summed E-state index contributed by atoms with van der Waals surface area (Å²) < 4.78 is 15.9. The molecule has 1 fully saturated rings. The Hall–Kier alpha value is -2.67. The first-order valence-corrected chi connectivity index (χ1v) is 9.59. The van der Waals surface area contributed by atoms with Crippen molar-refractivity contribution in [1.82, 2.24) is 0 Å². The molecule has 3 atom stereocenters. The van der Waals surface area contributed by atoms with Crippen molar-refractivity contribution in [3.63, 3.8) is 0 Å². The van der Waals surface area contributed by atoms with Crippen molar-refractivity contribution in [2.75, 3.05) is 13.2 Å². The number of carbonyl (C=O) groups excluding carboxylic acids is 3. The van der Waals surface area contributed by atoms with Crippen molar-refractivity contribution in [1.29, 1.82) is 0 Å². The third-order valence-corrected chi connectivity index (χ3v) is 4.97. The Bertz CT molecular complexity index is 772. The molecule has 0 amide bonds. The van der Waals surface area contributed by atoms with Crippen molar-refractivity contribution in [3.05, 3.63) is 47.1 Å². The van der Waals surface area contributed by atoms with E-state index in [0.717, 1.165) is 24.0 Å². The Morgan fingerprint density at radius 3 is 2.72 bits per heavy atom. The van der Waals surface area contributed by atoms with Crippen molar-refractivity contribution >= 4 is 17.9 Å². The van der Waals surface area contributed by atoms with Crippen molar-refractivity contribution in [2.45, 2.75) is 52.2 Å². The zero-order valence-electron chi connectivity index (χ0n) is 17.1. The number of allylic oxidation sites excluding steroid dienone is 2. The monoisotopic (exact) mass is 404 g/mol. The quantitative estimate of drug-likeness (QED) is 0.325. The highest BCUT2D eigenvalue weighted by Crippen LogP contribution is 2.36. The predicted molar refractivity (Wildman–Crippen MR) is 106 cm³/mol. The van der Waals surface area contributed by atoms with Gasteiger partial charge in [0.05, 0.1) is 18.1 Å². The number of carbonyl (C=O) groups is 3. The van der Waals surface area contributed by atoms with Gasteiger partial charge < -0.3 is 19.3 Å². The summed E-state index contributed by atoms with van der Waals surface area (Å²) >= 11 is 0. The van der Waals surface area contributed by atoms with Gasteiger partial charge in [-0.05, 0) is 38.8 Å². The molecule has 1 N–H and O–H groups in total. The molecule has 1 aliphatic heterocycles. The first-order valence-electron chi connectivity index (χ1n) is 9.59. The summed E-state index contributed by atoms with van der Waals surface area (Å²) in [6.45, 7) is 8.31. The lowest BCUT2D eigenvalue weighted by molar-refractivity contribution is -0.148. The van der Waals surface area contributed by atoms with E-state index in [9.17, 15) is 19.5 Å². The number of fused-ring (bicyclic) bond motifs is 1. The second kappa shape index (κ2) is 10.2. The molecule has 158 valence electrons. The maximum Gasteiger partial charge on any atom is 0.336 e. The first kappa shape index (κ1) is 22.6. The van der Waals surface area contributed by atoms with Gasteiger partial charge >= 0.3 is 17.9 Å². The molecule has 0 aromatic rings. The second-order valence-electron chi connectivity index (χ2n) is 7.36. The number of hydrogen-bond acceptors (Lipinski definition) is 7. The largest absolute Gasteiger partial charge is 0.462 e. The summed E-state index contributed by atoms with van der Waals surface area (Å²) in [7, 11) is 0. The van der Waals surface area contributed by atoms with Crippen LogP contribution in [-0.4, -0.2) is 48.4 Å². The van der Waals surface area contributed by atoms with Crippen molar-refractivity contribution < 1.29 is 33.7 Å². The molecule has 1 saturated heterocycles. The minimum atomic E-state index is -0.735. The van der Waals surface area contributed by atoms with E-state index >= 15 is 0 Å². The fourth-order valence-electron chi connectivity index (χ4n) is 3.42. The van der Waals surface area contributed by atoms with E-state index in [2.05, 4.69) is 12.7 Å². The van der Waals surface area contributed by atoms with E-state index in [4.69, 9.17) is 14.2 Å². The van der Waals surface area contributed by atoms with Gasteiger partial charge in [-0.1, -0.05) is 23.8 Å². The van der Waals surface area contributed by atoms with Crippen LogP contribution in [0.5, 0.6) is 0 Å². The van der Waals surface area contributed by atoms with E-state index in [1.807, 2.05) is 19.9 Å². The Morgan fingerprint density at radius 2 is 2.07 bits per heavy atom. The number of aliphatic hydroxyl groups excluding tert-OH is 1. The average molecular weight is 404 g/mol. The highest BCUT2D eigenvalue weighted by molar-refractivity contribution is 5.92. The lowest BCUT2D eigenvalue weighted by Gasteiger charge is -2.27. The minimum absolute atomic E-state index is 0.0240. The molecule has 0 radical (unpaired) electrons. The van der Waals surface area contributed by atoms with Gasteiger partial charge in [0.1, 0.15) is 18.8 Å². The van der Waals surface area contributed by atoms with Gasteiger partial charge in [0.25, 0.3) is 0 Å². The number of hydrogen-bond donors (Lipinski definition) is 1. The number of ether oxygens (including phenoxy) is 3. The molecule has 2 aliphatic rings. The van der Waals surface area contributed by atoms with Crippen LogP contribution < -0.4 is 0 Å². The van der Waals surface area contributed by atoms with Crippen molar-refractivity contribution in [2.24, 2.45) is 5.92 Å². The second-order valence-corrected chi connectivity index (χ2v) is 7.36. The number of aliphatic hydroxyl groups is 1. The Labute approximate surface area is 170 Å². The smallest absolute Gasteiger partial charge is 0.336 e. The average Bonchev–Trinajstić information content (AvgIpc) is 2.91. The van der Waals surface area contributed by atoms with Crippen LogP contribution in [0.2, 0.25) is 0 Å². The van der Waals surface area contributed by atoms with Gasteiger partial charge in [-0.2, -0.15) is 0 Å². The summed E-state index contributed by atoms with van der Waals surface area (Å²) in [4.78, 5) is 35.7. The molecule has 1 heterocycles. The lowest BCUT2D eigenvalue weighted by atomic mass is 9.85. The molecule has 0 unspecified atom stereocenters. The van der Waals surface area contributed by atoms with Crippen molar-refractivity contribution in [3.8, 4) is 0 Å². The summed E-state index contributed by atoms with van der Waals surface area (Å²) in [6.07, 6.45) is 6.14. The SMILES string of the molecule is C=C1C(=O)O[C@@H]2/C=C(\C)CC/C=C(\C)C[C@@H](OC(=O)/C(=C/COC(C)=O)CO)[C@H]12. The summed E-state index contributed by atoms with van der Waals surface area (Å²) in [5.74, 6) is -2.25. The summed E-state index contributed by atoms with van der Waals surface area (Å²) in [6, 6.07) is 0. The predicted octanol–water partition coefficient (Wildman–Crippen LogP) is 2.55. The Morgan fingerprint density at radius 1 is 1.34 bits per heavy atom. The van der Waals surface area contributed by atoms with Gasteiger partial charge in [0, 0.05) is 18.9 Å². The number of rotatable bonds is 5. The maximum atomic E-state index is 12.6. The summed E-state index contributed by atoms with van der Waals surface area (Å²) in [5.41, 5.74) is 2.34. The molecule has 2 rings (SSSR count). The van der Waals surface area contributed by atoms with Crippen LogP contribution in [0, 0.1) is 5.92 Å². The van der Waals surface area contributed by atoms with E-state index in [1.54, 1.807) is 0 Å². The molecule has 0 bridgehead atoms. The molecule has 29 heavy (non-hydrogen) atoms. The Kier molecular flexibility index (Phi) is 7.96. The van der Waals surface area contributed by atoms with E-state index in [-0.39, 0.29) is 17.8 Å². The van der Waals surface area contributed by atoms with Crippen LogP contribution in [0.3, 0.4) is 0 Å². The van der Waals surface area contributed by atoms with Crippen LogP contribution in [0.15, 0.2) is 47.1 Å². The number of esters is 3. The lowest BCUT2D eigenvalue weighted by Crippen LogP contribution is -2.34. The standard InChI is InChI=1S/C22H28O7/c1-13-6-5-7-14(2)11-19(20-15(3)21(25)28-18(20)10-13)29-22(26)17(12-23)8-9-27-16(4)24/h7-8,10,18-20,23H,3,5-6,9,11-12H2,1-2,4H3/b13-10+,14-7+,17-8+/t18-,19-,20-/m1/s1. The highest BCUT2D eigenvalue weighted by atomic mass is 16.6. The molecule has 0 aromatic heterocycles. The summed E-state index contributed by atoms with van der Waals surface area (Å²) in [5, 5.41) is 9.52. The topological polar surface area (TPSA) is 99.1 Å². The van der Waals surface area contributed by atoms with Crippen LogP contribution in [0.25, 0.3) is 0 Å². The zero-order chi connectivity index (χ0) is 21.6. The van der Waals surface area contributed by atoms with Crippen LogP contribution in [0.4, 0.5) is 0 Å². The minimum Gasteiger partial charge on any atom is -0.462 e. The van der Waals surface area contributed by atoms with Gasteiger partial charge in [-0.3, -0.25) is 4.79 Å². The zero-order valence-corrected chi connectivity index (χ0v) is 17.1. The molecule has 1 aliphatic carbocycles. The molecule has 7 nitrogen and oxygen atoms in total. The first-order chi connectivity index (χ1) is 13.7. The molecule has 0 aromatic carbocycles. The maximum absolute atomic E-state index is 12.6. The van der Waals surface area contributed by atoms with Crippen LogP contribution in [-0.2, 0) is 28.6 Å². The normalized spacial score (nSPS) is 29.0. The van der Waals surface area contributed by atoms with Gasteiger partial charge in [0.15, 0.2) is 0 Å². The molecular formula is C22H28O7. The van der Waals surface area contributed by atoms with Gasteiger partial charge in [-0.25, -0.2) is 9.59 Å². The molecule has 0 spiro atoms. The van der Waals surface area contributed by atoms with Gasteiger partial charge in [-0.15, -0.1) is 0 Å². The van der Waals surface area contributed by atoms with E-state index < -0.39 is 42.6 Å². The highest BCUT2D eigenvalue weighted by Gasteiger charge is 2.44. The van der Waals surface area contributed by atoms with Crippen LogP contribution >= 0.6 is 0 Å². The molecule has 0 saturated carbocycles. The van der Waals surface area contributed by atoms with E-state index in [1.165, 1.54) is 13.0 Å². The molecule has 7 heteroatoms.